The van der Waals surface area contributed by atoms with Crippen LogP contribution in [0.4, 0.5) is 0 Å². The summed E-state index contributed by atoms with van der Waals surface area (Å²) in [6, 6.07) is 7.61. The number of aromatic nitrogens is 2. The van der Waals surface area contributed by atoms with E-state index in [1.54, 1.807) is 0 Å². The Bertz CT molecular complexity index is 634. The van der Waals surface area contributed by atoms with Crippen LogP contribution in [0.25, 0.3) is 11.4 Å². The number of benzene rings is 1. The fourth-order valence-electron chi connectivity index (χ4n) is 2.11. The highest BCUT2D eigenvalue weighted by Gasteiger charge is 2.13. The summed E-state index contributed by atoms with van der Waals surface area (Å²) in [5.41, 5.74) is 3.32. The monoisotopic (exact) mass is 277 g/mol. The van der Waals surface area contributed by atoms with Crippen LogP contribution in [0.15, 0.2) is 24.3 Å². The van der Waals surface area contributed by atoms with Crippen molar-refractivity contribution < 1.29 is 0 Å². The van der Waals surface area contributed by atoms with Crippen LogP contribution in [0.1, 0.15) is 11.3 Å². The fraction of sp³-hybridized carbons (Fsp3) is 0.231. The molecule has 18 heavy (non-hydrogen) atoms. The summed E-state index contributed by atoms with van der Waals surface area (Å²) in [4.78, 5) is 7.84. The van der Waals surface area contributed by atoms with E-state index in [4.69, 9.17) is 23.8 Å². The van der Waals surface area contributed by atoms with Crippen LogP contribution in [-0.2, 0) is 13.0 Å². The second kappa shape index (κ2) is 4.80. The molecular weight excluding hydrogens is 266 g/mol. The van der Waals surface area contributed by atoms with Gasteiger partial charge in [-0.3, -0.25) is 0 Å². The number of H-pyrrole nitrogens is 1. The lowest BCUT2D eigenvalue weighted by Gasteiger charge is -2.17. The van der Waals surface area contributed by atoms with E-state index in [9.17, 15) is 0 Å². The molecule has 1 aromatic heterocycles. The molecule has 0 saturated heterocycles. The van der Waals surface area contributed by atoms with Crippen LogP contribution in [0.2, 0.25) is 5.02 Å². The maximum atomic E-state index is 5.89. The Hall–Kier alpha value is -1.23. The van der Waals surface area contributed by atoms with Gasteiger partial charge in [-0.2, -0.15) is 0 Å². The maximum absolute atomic E-state index is 5.89. The number of fused-ring (bicyclic) bond motifs is 1. The number of halogens is 1. The Morgan fingerprint density at radius 1 is 1.22 bits per heavy atom. The van der Waals surface area contributed by atoms with Gasteiger partial charge in [0.1, 0.15) is 10.5 Å². The summed E-state index contributed by atoms with van der Waals surface area (Å²) in [7, 11) is 0. The van der Waals surface area contributed by atoms with E-state index >= 15 is 0 Å². The van der Waals surface area contributed by atoms with Crippen molar-refractivity contribution >= 4 is 23.8 Å². The SMILES string of the molecule is S=c1nc(-c2ccc(Cl)cc2)[nH]c2c1CNCC2. The van der Waals surface area contributed by atoms with Gasteiger partial charge in [-0.15, -0.1) is 0 Å². The molecule has 3 rings (SSSR count). The van der Waals surface area contributed by atoms with Crippen LogP contribution in [0, 0.1) is 4.64 Å². The normalized spacial score (nSPS) is 14.3. The van der Waals surface area contributed by atoms with E-state index in [2.05, 4.69) is 15.3 Å². The van der Waals surface area contributed by atoms with Crippen LogP contribution in [0.5, 0.6) is 0 Å². The molecule has 2 N–H and O–H groups in total. The Balaban J connectivity index is 2.11. The standard InChI is InChI=1S/C13H12ClN3S/c14-9-3-1-8(2-4-9)12-16-11-5-6-15-7-10(11)13(18)17-12/h1-4,15H,5-7H2,(H,16,17,18). The minimum atomic E-state index is 0.681. The largest absolute Gasteiger partial charge is 0.343 e. The quantitative estimate of drug-likeness (QED) is 0.787. The first-order valence-electron chi connectivity index (χ1n) is 5.83. The first-order valence-corrected chi connectivity index (χ1v) is 6.61. The minimum absolute atomic E-state index is 0.681. The van der Waals surface area contributed by atoms with Gasteiger partial charge in [-0.25, -0.2) is 4.98 Å². The summed E-state index contributed by atoms with van der Waals surface area (Å²) < 4.78 is 0.681. The lowest BCUT2D eigenvalue weighted by molar-refractivity contribution is 0.624. The van der Waals surface area contributed by atoms with E-state index in [0.29, 0.717) is 4.64 Å². The molecular formula is C13H12ClN3S. The minimum Gasteiger partial charge on any atom is -0.343 e. The van der Waals surface area contributed by atoms with Gasteiger partial charge in [0.05, 0.1) is 0 Å². The first kappa shape index (κ1) is 11.8. The van der Waals surface area contributed by atoms with Crippen molar-refractivity contribution in [3.8, 4) is 11.4 Å². The van der Waals surface area contributed by atoms with Crippen LogP contribution in [-0.4, -0.2) is 16.5 Å². The van der Waals surface area contributed by atoms with Crippen molar-refractivity contribution in [1.29, 1.82) is 0 Å². The molecule has 1 aromatic carbocycles. The molecule has 0 amide bonds. The number of hydrogen-bond acceptors (Lipinski definition) is 3. The molecule has 2 heterocycles. The smallest absolute Gasteiger partial charge is 0.139 e. The number of aromatic amines is 1. The van der Waals surface area contributed by atoms with Gasteiger partial charge in [-0.05, 0) is 24.3 Å². The van der Waals surface area contributed by atoms with Gasteiger partial charge in [0, 0.05) is 41.4 Å². The summed E-state index contributed by atoms with van der Waals surface area (Å²) >= 11 is 11.2. The third-order valence-corrected chi connectivity index (χ3v) is 3.67. The molecule has 92 valence electrons. The van der Waals surface area contributed by atoms with Crippen LogP contribution >= 0.6 is 23.8 Å². The summed E-state index contributed by atoms with van der Waals surface area (Å²) in [5.74, 6) is 0.817. The molecule has 0 radical (unpaired) electrons. The molecule has 0 unspecified atom stereocenters. The number of rotatable bonds is 1. The predicted molar refractivity (Wildman–Crippen MR) is 75.3 cm³/mol. The van der Waals surface area contributed by atoms with Crippen molar-refractivity contribution in [2.45, 2.75) is 13.0 Å². The molecule has 0 saturated carbocycles. The van der Waals surface area contributed by atoms with Crippen molar-refractivity contribution in [2.24, 2.45) is 0 Å². The van der Waals surface area contributed by atoms with Crippen LogP contribution < -0.4 is 5.32 Å². The van der Waals surface area contributed by atoms with Crippen molar-refractivity contribution in [1.82, 2.24) is 15.3 Å². The van der Waals surface area contributed by atoms with Gasteiger partial charge >= 0.3 is 0 Å². The summed E-state index contributed by atoms with van der Waals surface area (Å²) in [6.45, 7) is 1.78. The molecule has 0 atom stereocenters. The summed E-state index contributed by atoms with van der Waals surface area (Å²) in [6.07, 6.45) is 0.960. The van der Waals surface area contributed by atoms with E-state index in [-0.39, 0.29) is 0 Å². The second-order valence-corrected chi connectivity index (χ2v) is 5.10. The number of nitrogens with one attached hydrogen (secondary N) is 2. The highest BCUT2D eigenvalue weighted by atomic mass is 35.5. The number of nitrogens with zero attached hydrogens (tertiary/aromatic N) is 1. The Labute approximate surface area is 115 Å². The molecule has 0 spiro atoms. The van der Waals surface area contributed by atoms with Gasteiger partial charge in [-0.1, -0.05) is 23.8 Å². The molecule has 1 aliphatic heterocycles. The summed E-state index contributed by atoms with van der Waals surface area (Å²) in [5, 5.41) is 4.03. The molecule has 0 aliphatic carbocycles. The second-order valence-electron chi connectivity index (χ2n) is 4.28. The average molecular weight is 278 g/mol. The van der Waals surface area contributed by atoms with E-state index in [1.807, 2.05) is 24.3 Å². The van der Waals surface area contributed by atoms with Gasteiger partial charge in [0.2, 0.25) is 0 Å². The van der Waals surface area contributed by atoms with Crippen molar-refractivity contribution in [3.05, 3.63) is 45.2 Å². The van der Waals surface area contributed by atoms with E-state index in [1.165, 1.54) is 5.69 Å². The fourth-order valence-corrected chi connectivity index (χ4v) is 2.52. The molecule has 5 heteroatoms. The topological polar surface area (TPSA) is 40.7 Å². The van der Waals surface area contributed by atoms with Crippen LogP contribution in [0.3, 0.4) is 0 Å². The highest BCUT2D eigenvalue weighted by molar-refractivity contribution is 7.71. The zero-order valence-electron chi connectivity index (χ0n) is 9.66. The Kier molecular flexibility index (Phi) is 3.16. The molecule has 0 bridgehead atoms. The van der Waals surface area contributed by atoms with Crippen molar-refractivity contribution in [3.63, 3.8) is 0 Å². The zero-order valence-corrected chi connectivity index (χ0v) is 11.2. The third kappa shape index (κ3) is 2.19. The van der Waals surface area contributed by atoms with Gasteiger partial charge in [0.25, 0.3) is 0 Å². The van der Waals surface area contributed by atoms with Crippen molar-refractivity contribution in [2.75, 3.05) is 6.54 Å². The average Bonchev–Trinajstić information content (AvgIpc) is 2.39. The molecule has 0 fully saturated rings. The predicted octanol–water partition coefficient (Wildman–Crippen LogP) is 3.11. The molecule has 3 nitrogen and oxygen atoms in total. The first-order chi connectivity index (χ1) is 8.74. The van der Waals surface area contributed by atoms with E-state index in [0.717, 1.165) is 41.5 Å². The maximum Gasteiger partial charge on any atom is 0.139 e. The Morgan fingerprint density at radius 3 is 2.78 bits per heavy atom. The third-order valence-electron chi connectivity index (χ3n) is 3.08. The number of hydrogen-bond donors (Lipinski definition) is 2. The lowest BCUT2D eigenvalue weighted by atomic mass is 10.1. The zero-order chi connectivity index (χ0) is 12.5. The van der Waals surface area contributed by atoms with Gasteiger partial charge in [0.15, 0.2) is 0 Å². The molecule has 1 aliphatic rings. The Morgan fingerprint density at radius 2 is 2.00 bits per heavy atom. The van der Waals surface area contributed by atoms with Gasteiger partial charge < -0.3 is 10.3 Å². The van der Waals surface area contributed by atoms with E-state index < -0.39 is 0 Å². The highest BCUT2D eigenvalue weighted by Crippen LogP contribution is 2.21. The lowest BCUT2D eigenvalue weighted by Crippen LogP contribution is -2.25. The molecule has 2 aromatic rings.